The fraction of sp³-hybridized carbons (Fsp3) is 0.308. The number of nitrogens with zero attached hydrogens (tertiary/aromatic N) is 1. The highest BCUT2D eigenvalue weighted by atomic mass is 35.5. The molecule has 1 fully saturated rings. The van der Waals surface area contributed by atoms with Crippen LogP contribution in [0.1, 0.15) is 0 Å². The van der Waals surface area contributed by atoms with Crippen LogP contribution in [0.4, 0.5) is 10.5 Å². The molecule has 1 aromatic rings. The molecular formula is C13H11Cl3N2O4S. The van der Waals surface area contributed by atoms with Crippen molar-refractivity contribution in [2.75, 3.05) is 30.8 Å². The maximum Gasteiger partial charge on any atom is 0.326 e. The van der Waals surface area contributed by atoms with Crippen molar-refractivity contribution in [1.29, 1.82) is 0 Å². The zero-order valence-electron chi connectivity index (χ0n) is 11.6. The number of carbonyl (C=O) groups excluding carboxylic acids is 3. The molecule has 1 aliphatic rings. The van der Waals surface area contributed by atoms with Gasteiger partial charge in [-0.25, -0.2) is 0 Å². The molecule has 0 radical (unpaired) electrons. The van der Waals surface area contributed by atoms with Crippen molar-refractivity contribution in [3.8, 4) is 0 Å². The maximum atomic E-state index is 11.8. The van der Waals surface area contributed by atoms with Gasteiger partial charge in [-0.15, -0.1) is 0 Å². The fourth-order valence-electron chi connectivity index (χ4n) is 1.72. The molecule has 1 aromatic carbocycles. The van der Waals surface area contributed by atoms with Crippen molar-refractivity contribution in [2.24, 2.45) is 0 Å². The Kier molecular flexibility index (Phi) is 6.41. The highest BCUT2D eigenvalue weighted by Crippen LogP contribution is 2.32. The van der Waals surface area contributed by atoms with Crippen molar-refractivity contribution in [2.45, 2.75) is 0 Å². The Balaban J connectivity index is 1.82. The average Bonchev–Trinajstić information content (AvgIpc) is 2.88. The van der Waals surface area contributed by atoms with Gasteiger partial charge in [0, 0.05) is 12.3 Å². The zero-order chi connectivity index (χ0) is 17.0. The van der Waals surface area contributed by atoms with Crippen LogP contribution < -0.4 is 5.32 Å². The lowest BCUT2D eigenvalue weighted by molar-refractivity contribution is -0.147. The molecule has 0 aromatic heterocycles. The lowest BCUT2D eigenvalue weighted by atomic mass is 10.3. The Hall–Kier alpha value is -1.15. The van der Waals surface area contributed by atoms with Crippen molar-refractivity contribution in [1.82, 2.24) is 4.90 Å². The van der Waals surface area contributed by atoms with E-state index in [4.69, 9.17) is 39.5 Å². The van der Waals surface area contributed by atoms with Crippen molar-refractivity contribution in [3.05, 3.63) is 27.2 Å². The lowest BCUT2D eigenvalue weighted by Gasteiger charge is -2.13. The van der Waals surface area contributed by atoms with Crippen molar-refractivity contribution in [3.63, 3.8) is 0 Å². The Morgan fingerprint density at radius 2 is 1.91 bits per heavy atom. The molecule has 0 aliphatic carbocycles. The van der Waals surface area contributed by atoms with E-state index in [0.717, 1.165) is 11.8 Å². The Morgan fingerprint density at radius 3 is 2.57 bits per heavy atom. The second-order valence-corrected chi connectivity index (χ2v) is 6.76. The summed E-state index contributed by atoms with van der Waals surface area (Å²) in [6.45, 7) is -0.180. The van der Waals surface area contributed by atoms with Crippen LogP contribution in [-0.2, 0) is 14.3 Å². The first-order chi connectivity index (χ1) is 10.9. The molecule has 124 valence electrons. The number of carbonyl (C=O) groups is 3. The van der Waals surface area contributed by atoms with E-state index in [-0.39, 0.29) is 32.5 Å². The molecule has 1 heterocycles. The standard InChI is InChI=1S/C13H11Cl3N2O4S/c14-7-3-9(16)10(4-8(7)15)17-11(19)6-22-12(20)5-18-1-2-23-13(18)21/h3-4H,1-2,5-6H2,(H,17,19). The largest absolute Gasteiger partial charge is 0.454 e. The number of thioether (sulfide) groups is 1. The molecule has 2 amide bonds. The van der Waals surface area contributed by atoms with Gasteiger partial charge in [0.05, 0.1) is 20.8 Å². The Bertz CT molecular complexity index is 656. The number of amides is 2. The minimum Gasteiger partial charge on any atom is -0.454 e. The van der Waals surface area contributed by atoms with Gasteiger partial charge in [0.15, 0.2) is 6.61 Å². The number of nitrogens with one attached hydrogen (secondary N) is 1. The summed E-state index contributed by atoms with van der Waals surface area (Å²) in [6.07, 6.45) is 0. The van der Waals surface area contributed by atoms with E-state index in [2.05, 4.69) is 5.32 Å². The first kappa shape index (κ1) is 18.2. The lowest BCUT2D eigenvalue weighted by Crippen LogP contribution is -2.32. The van der Waals surface area contributed by atoms with Gasteiger partial charge in [0.25, 0.3) is 11.1 Å². The summed E-state index contributed by atoms with van der Waals surface area (Å²) in [5.41, 5.74) is 0.258. The van der Waals surface area contributed by atoms with E-state index in [1.165, 1.54) is 17.0 Å². The monoisotopic (exact) mass is 396 g/mol. The fourth-order valence-corrected chi connectivity index (χ4v) is 3.14. The van der Waals surface area contributed by atoms with Gasteiger partial charge in [0.2, 0.25) is 0 Å². The molecule has 10 heteroatoms. The zero-order valence-corrected chi connectivity index (χ0v) is 14.7. The van der Waals surface area contributed by atoms with Crippen LogP contribution in [0.25, 0.3) is 0 Å². The number of hydrogen-bond donors (Lipinski definition) is 1. The maximum absolute atomic E-state index is 11.8. The number of anilines is 1. The van der Waals surface area contributed by atoms with Gasteiger partial charge >= 0.3 is 5.97 Å². The number of hydrogen-bond acceptors (Lipinski definition) is 5. The van der Waals surface area contributed by atoms with Gasteiger partial charge in [-0.05, 0) is 12.1 Å². The van der Waals surface area contributed by atoms with Crippen LogP contribution in [0, 0.1) is 0 Å². The smallest absolute Gasteiger partial charge is 0.326 e. The second-order valence-electron chi connectivity index (χ2n) is 4.49. The van der Waals surface area contributed by atoms with E-state index < -0.39 is 18.5 Å². The van der Waals surface area contributed by atoms with Gasteiger partial charge in [0.1, 0.15) is 6.54 Å². The topological polar surface area (TPSA) is 75.7 Å². The second kappa shape index (κ2) is 8.10. The van der Waals surface area contributed by atoms with Gasteiger partial charge < -0.3 is 15.0 Å². The summed E-state index contributed by atoms with van der Waals surface area (Å²) in [5, 5.41) is 2.98. The molecule has 0 saturated carbocycles. The first-order valence-electron chi connectivity index (χ1n) is 6.38. The number of ether oxygens (including phenoxy) is 1. The molecule has 2 rings (SSSR count). The third-order valence-electron chi connectivity index (χ3n) is 2.81. The Labute approximate surface area is 151 Å². The van der Waals surface area contributed by atoms with E-state index in [0.29, 0.717) is 12.3 Å². The number of halogens is 3. The van der Waals surface area contributed by atoms with E-state index in [1.54, 1.807) is 0 Å². The van der Waals surface area contributed by atoms with E-state index in [9.17, 15) is 14.4 Å². The van der Waals surface area contributed by atoms with Crippen molar-refractivity contribution < 1.29 is 19.1 Å². The minimum atomic E-state index is -0.656. The summed E-state index contributed by atoms with van der Waals surface area (Å²) < 4.78 is 4.82. The molecule has 1 aliphatic heterocycles. The highest BCUT2D eigenvalue weighted by molar-refractivity contribution is 8.13. The normalized spacial score (nSPS) is 14.0. The van der Waals surface area contributed by atoms with Crippen LogP contribution in [0.3, 0.4) is 0 Å². The number of rotatable bonds is 5. The summed E-state index contributed by atoms with van der Waals surface area (Å²) >= 11 is 18.7. The number of esters is 1. The van der Waals surface area contributed by atoms with Crippen LogP contribution in [0.2, 0.25) is 15.1 Å². The summed E-state index contributed by atoms with van der Waals surface area (Å²) in [6, 6.07) is 2.79. The summed E-state index contributed by atoms with van der Waals surface area (Å²) in [4.78, 5) is 36.1. The summed E-state index contributed by atoms with van der Waals surface area (Å²) in [7, 11) is 0. The van der Waals surface area contributed by atoms with Crippen molar-refractivity contribution >= 4 is 69.4 Å². The summed E-state index contributed by atoms with van der Waals surface area (Å²) in [5.74, 6) is -0.598. The van der Waals surface area contributed by atoms with Gasteiger partial charge in [-0.1, -0.05) is 46.6 Å². The molecule has 0 atom stereocenters. The van der Waals surface area contributed by atoms with Crippen LogP contribution in [0.5, 0.6) is 0 Å². The minimum absolute atomic E-state index is 0.172. The molecule has 1 N–H and O–H groups in total. The molecule has 0 unspecified atom stereocenters. The van der Waals surface area contributed by atoms with Crippen LogP contribution in [-0.4, -0.2) is 47.5 Å². The molecule has 1 saturated heterocycles. The van der Waals surface area contributed by atoms with E-state index >= 15 is 0 Å². The first-order valence-corrected chi connectivity index (χ1v) is 8.50. The number of benzene rings is 1. The van der Waals surface area contributed by atoms with Gasteiger partial charge in [-0.2, -0.15) is 0 Å². The van der Waals surface area contributed by atoms with Crippen LogP contribution >= 0.6 is 46.6 Å². The molecule has 6 nitrogen and oxygen atoms in total. The van der Waals surface area contributed by atoms with Gasteiger partial charge in [-0.3, -0.25) is 14.4 Å². The Morgan fingerprint density at radius 1 is 1.22 bits per heavy atom. The predicted octanol–water partition coefficient (Wildman–Crippen LogP) is 3.30. The predicted molar refractivity (Wildman–Crippen MR) is 90.5 cm³/mol. The molecule has 0 spiro atoms. The highest BCUT2D eigenvalue weighted by Gasteiger charge is 2.24. The molecule has 0 bridgehead atoms. The quantitative estimate of drug-likeness (QED) is 0.609. The van der Waals surface area contributed by atoms with E-state index in [1.807, 2.05) is 0 Å². The van der Waals surface area contributed by atoms with Crippen LogP contribution in [0.15, 0.2) is 12.1 Å². The third-order valence-corrected chi connectivity index (χ3v) is 4.74. The molecule has 23 heavy (non-hydrogen) atoms. The third kappa shape index (κ3) is 5.17. The molecular weight excluding hydrogens is 387 g/mol. The average molecular weight is 398 g/mol. The SMILES string of the molecule is O=C(COC(=O)CN1CCSC1=O)Nc1cc(Cl)c(Cl)cc1Cl.